The van der Waals surface area contributed by atoms with Gasteiger partial charge in [0.1, 0.15) is 0 Å². The zero-order valence-corrected chi connectivity index (χ0v) is 11.0. The van der Waals surface area contributed by atoms with Gasteiger partial charge in [0.05, 0.1) is 5.76 Å². The molecule has 0 bridgehead atoms. The molecule has 0 aliphatic heterocycles. The van der Waals surface area contributed by atoms with Gasteiger partial charge in [0, 0.05) is 25.6 Å². The Morgan fingerprint density at radius 2 is 1.25 bits per heavy atom. The number of aliphatic hydroxyl groups excluding tert-OH is 1. The topological polar surface area (TPSA) is 37.3 Å². The molecule has 0 atom stereocenters. The maximum atomic E-state index is 10.0. The van der Waals surface area contributed by atoms with Crippen molar-refractivity contribution in [3.8, 4) is 0 Å². The van der Waals surface area contributed by atoms with Crippen LogP contribution in [-0.4, -0.2) is 10.9 Å². The first kappa shape index (κ1) is 17.7. The van der Waals surface area contributed by atoms with Crippen LogP contribution in [0.25, 0.3) is 0 Å². The zero-order chi connectivity index (χ0) is 11.5. The fourth-order valence-corrected chi connectivity index (χ4v) is 0.807. The van der Waals surface area contributed by atoms with Crippen molar-refractivity contribution in [1.29, 1.82) is 0 Å². The molecule has 5 radical (unpaired) electrons. The van der Waals surface area contributed by atoms with Crippen molar-refractivity contribution in [2.45, 2.75) is 13.8 Å². The Hall–Kier alpha value is -0.687. The summed E-state index contributed by atoms with van der Waals surface area (Å²) in [7, 11) is 0. The molecule has 0 fully saturated rings. The van der Waals surface area contributed by atoms with Gasteiger partial charge in [-0.05, 0) is 39.5 Å². The molecule has 0 unspecified atom stereocenters. The summed E-state index contributed by atoms with van der Waals surface area (Å²) in [5, 5.41) is 8.36. The van der Waals surface area contributed by atoms with E-state index in [0.29, 0.717) is 0 Å². The van der Waals surface area contributed by atoms with Gasteiger partial charge in [-0.3, -0.25) is 4.79 Å². The minimum atomic E-state index is -0.125. The molecule has 0 saturated carbocycles. The van der Waals surface area contributed by atoms with Crippen LogP contribution in [0.5, 0.6) is 0 Å². The zero-order valence-electron chi connectivity index (χ0n) is 9.38. The van der Waals surface area contributed by atoms with Crippen LogP contribution in [-0.2, 0) is 24.3 Å². The summed E-state index contributed by atoms with van der Waals surface area (Å²) in [6.07, 6.45) is 17.2. The molecule has 3 heteroatoms. The minimum absolute atomic E-state index is 0. The Labute approximate surface area is 111 Å². The van der Waals surface area contributed by atoms with E-state index in [1.807, 2.05) is 50.0 Å². The first-order valence-electron chi connectivity index (χ1n) is 4.67. The van der Waals surface area contributed by atoms with Crippen LogP contribution in [0.2, 0.25) is 0 Å². The van der Waals surface area contributed by atoms with Crippen LogP contribution in [0.4, 0.5) is 0 Å². The average molecular weight is 307 g/mol. The molecule has 1 rings (SSSR count). The molecule has 1 aliphatic rings. The molecule has 0 aromatic heterocycles. The second-order valence-corrected chi connectivity index (χ2v) is 2.94. The third-order valence-corrected chi connectivity index (χ3v) is 1.30. The van der Waals surface area contributed by atoms with Crippen molar-refractivity contribution in [2.75, 3.05) is 0 Å². The number of rotatable bonds is 1. The molecule has 16 heavy (non-hydrogen) atoms. The van der Waals surface area contributed by atoms with E-state index in [0.717, 1.165) is 0 Å². The largest absolute Gasteiger partial charge is 0.512 e. The molecule has 0 heterocycles. The van der Waals surface area contributed by atoms with Crippen molar-refractivity contribution in [3.63, 3.8) is 0 Å². The SMILES string of the molecule is CC(=O)/C=C(/C)O.[CH]1[CH]/C=C\[CH][CH]/C=C\1.[Rh]. The third-order valence-electron chi connectivity index (χ3n) is 1.30. The van der Waals surface area contributed by atoms with E-state index in [9.17, 15) is 4.79 Å². The van der Waals surface area contributed by atoms with Crippen LogP contribution in [0, 0.1) is 25.7 Å². The first-order chi connectivity index (χ1) is 7.13. The summed E-state index contributed by atoms with van der Waals surface area (Å²) in [6, 6.07) is 0. The van der Waals surface area contributed by atoms with E-state index in [4.69, 9.17) is 5.11 Å². The van der Waals surface area contributed by atoms with E-state index in [2.05, 4.69) is 0 Å². The van der Waals surface area contributed by atoms with Gasteiger partial charge in [-0.1, -0.05) is 24.3 Å². The van der Waals surface area contributed by atoms with Gasteiger partial charge in [0.25, 0.3) is 0 Å². The number of ketones is 1. The first-order valence-corrected chi connectivity index (χ1v) is 4.67. The molecule has 0 aromatic carbocycles. The summed E-state index contributed by atoms with van der Waals surface area (Å²) in [5.74, 6) is -0.0625. The minimum Gasteiger partial charge on any atom is -0.512 e. The second-order valence-electron chi connectivity index (χ2n) is 2.94. The van der Waals surface area contributed by atoms with E-state index in [-0.39, 0.29) is 31.0 Å². The fraction of sp³-hybridized carbons (Fsp3) is 0.154. The van der Waals surface area contributed by atoms with Gasteiger partial charge in [-0.15, -0.1) is 0 Å². The van der Waals surface area contributed by atoms with Crippen LogP contribution in [0.3, 0.4) is 0 Å². The molecule has 0 spiro atoms. The van der Waals surface area contributed by atoms with Gasteiger partial charge in [0.15, 0.2) is 5.78 Å². The smallest absolute Gasteiger partial charge is 0.155 e. The van der Waals surface area contributed by atoms with Crippen molar-refractivity contribution in [1.82, 2.24) is 0 Å². The van der Waals surface area contributed by atoms with Crippen LogP contribution in [0.15, 0.2) is 36.1 Å². The molecule has 0 aromatic rings. The number of carbonyl (C=O) groups excluding carboxylic acids is 1. The van der Waals surface area contributed by atoms with E-state index in [1.54, 1.807) is 0 Å². The molecule has 1 aliphatic carbocycles. The molecule has 89 valence electrons. The number of hydrogen-bond acceptors (Lipinski definition) is 2. The summed E-state index contributed by atoms with van der Waals surface area (Å²) in [5.41, 5.74) is 0. The Kier molecular flexibility index (Phi) is 13.7. The van der Waals surface area contributed by atoms with Crippen LogP contribution in [0.1, 0.15) is 13.8 Å². The molecular weight excluding hydrogens is 291 g/mol. The van der Waals surface area contributed by atoms with Crippen molar-refractivity contribution in [3.05, 3.63) is 61.8 Å². The van der Waals surface area contributed by atoms with Gasteiger partial charge < -0.3 is 5.11 Å². The molecule has 2 nitrogen and oxygen atoms in total. The van der Waals surface area contributed by atoms with Crippen LogP contribution >= 0.6 is 0 Å². The summed E-state index contributed by atoms with van der Waals surface area (Å²) < 4.78 is 0. The fourth-order valence-electron chi connectivity index (χ4n) is 0.807. The van der Waals surface area contributed by atoms with Gasteiger partial charge >= 0.3 is 0 Å². The van der Waals surface area contributed by atoms with Gasteiger partial charge in [-0.25, -0.2) is 0 Å². The van der Waals surface area contributed by atoms with E-state index in [1.165, 1.54) is 19.9 Å². The Bertz CT molecular complexity index is 235. The average Bonchev–Trinajstić information content (AvgIpc) is 1.99. The number of carbonyl (C=O) groups is 1. The maximum absolute atomic E-state index is 10.0. The summed E-state index contributed by atoms with van der Waals surface area (Å²) in [6.45, 7) is 2.85. The summed E-state index contributed by atoms with van der Waals surface area (Å²) >= 11 is 0. The molecule has 0 saturated heterocycles. The standard InChI is InChI=1S/C8H8.C5H8O2.Rh/c1-2-4-6-8-7-5-3-1;1-4(6)3-5(2)7;/h1-8H;3,6H,1-2H3;/b2-1-,8-7-;4-3-;. The number of aliphatic hydroxyl groups is 1. The predicted octanol–water partition coefficient (Wildman–Crippen LogP) is 2.96. The Balaban J connectivity index is 0. The monoisotopic (exact) mass is 307 g/mol. The number of allylic oxidation sites excluding steroid dienone is 6. The van der Waals surface area contributed by atoms with Crippen LogP contribution < -0.4 is 0 Å². The van der Waals surface area contributed by atoms with Crippen molar-refractivity contribution < 1.29 is 29.4 Å². The third kappa shape index (κ3) is 15.8. The normalized spacial score (nSPS) is 19.0. The molecule has 1 N–H and O–H groups in total. The Morgan fingerprint density at radius 3 is 1.38 bits per heavy atom. The van der Waals surface area contributed by atoms with Gasteiger partial charge in [0.2, 0.25) is 0 Å². The maximum Gasteiger partial charge on any atom is 0.155 e. The predicted molar refractivity (Wildman–Crippen MR) is 62.5 cm³/mol. The van der Waals surface area contributed by atoms with Crippen molar-refractivity contribution in [2.24, 2.45) is 0 Å². The second kappa shape index (κ2) is 12.4. The summed E-state index contributed by atoms with van der Waals surface area (Å²) in [4.78, 5) is 10.0. The quantitative estimate of drug-likeness (QED) is 0.459. The van der Waals surface area contributed by atoms with E-state index >= 15 is 0 Å². The molecule has 0 amide bonds. The van der Waals surface area contributed by atoms with E-state index < -0.39 is 0 Å². The number of hydrogen-bond donors (Lipinski definition) is 1. The van der Waals surface area contributed by atoms with Gasteiger partial charge in [-0.2, -0.15) is 0 Å². The Morgan fingerprint density at radius 1 is 0.938 bits per heavy atom. The molecular formula is C13H16O2Rh. The van der Waals surface area contributed by atoms with Crippen molar-refractivity contribution >= 4 is 5.78 Å².